The van der Waals surface area contributed by atoms with E-state index >= 15 is 0 Å². The van der Waals surface area contributed by atoms with E-state index < -0.39 is 5.97 Å². The van der Waals surface area contributed by atoms with Gasteiger partial charge in [0.2, 0.25) is 0 Å². The van der Waals surface area contributed by atoms with E-state index in [4.69, 9.17) is 5.11 Å². The zero-order chi connectivity index (χ0) is 13.8. The van der Waals surface area contributed by atoms with Gasteiger partial charge in [0, 0.05) is 6.04 Å². The van der Waals surface area contributed by atoms with E-state index in [0.29, 0.717) is 17.3 Å². The van der Waals surface area contributed by atoms with Gasteiger partial charge < -0.3 is 15.7 Å². The van der Waals surface area contributed by atoms with Crippen molar-refractivity contribution >= 4 is 17.7 Å². The van der Waals surface area contributed by atoms with Crippen LogP contribution in [0.1, 0.15) is 25.5 Å². The second-order valence-corrected chi connectivity index (χ2v) is 4.72. The number of carbonyl (C=O) groups is 2. The van der Waals surface area contributed by atoms with Crippen molar-refractivity contribution in [3.63, 3.8) is 0 Å². The number of aliphatic carboxylic acids is 1. The average molecular weight is 263 g/mol. The van der Waals surface area contributed by atoms with Crippen molar-refractivity contribution < 1.29 is 14.7 Å². The molecule has 2 rings (SSSR count). The molecule has 0 aromatic carbocycles. The molecule has 1 aliphatic rings. The van der Waals surface area contributed by atoms with Gasteiger partial charge in [-0.2, -0.15) is 0 Å². The largest absolute Gasteiger partial charge is 0.481 e. The van der Waals surface area contributed by atoms with Gasteiger partial charge in [0.1, 0.15) is 0 Å². The summed E-state index contributed by atoms with van der Waals surface area (Å²) < 4.78 is 0. The summed E-state index contributed by atoms with van der Waals surface area (Å²) in [5.41, 5.74) is 1.02. The maximum atomic E-state index is 11.6. The van der Waals surface area contributed by atoms with Gasteiger partial charge in [-0.3, -0.25) is 9.78 Å². The molecule has 6 heteroatoms. The monoisotopic (exact) mass is 263 g/mol. The highest BCUT2D eigenvalue weighted by atomic mass is 16.4. The summed E-state index contributed by atoms with van der Waals surface area (Å²) >= 11 is 0. The van der Waals surface area contributed by atoms with Gasteiger partial charge in [-0.05, 0) is 24.5 Å². The smallest absolute Gasteiger partial charge is 0.319 e. The van der Waals surface area contributed by atoms with Crippen LogP contribution in [0.5, 0.6) is 0 Å². The Bertz CT molecular complexity index is 473. The van der Waals surface area contributed by atoms with Gasteiger partial charge >= 0.3 is 12.0 Å². The van der Waals surface area contributed by atoms with E-state index in [2.05, 4.69) is 22.5 Å². The fourth-order valence-electron chi connectivity index (χ4n) is 1.97. The SMILES string of the molecule is CCC1CC1NC(=O)Nc1ccc(CC(=O)O)nc1. The van der Waals surface area contributed by atoms with E-state index in [1.54, 1.807) is 12.1 Å². The summed E-state index contributed by atoms with van der Waals surface area (Å²) in [6.45, 7) is 2.11. The Morgan fingerprint density at radius 2 is 2.26 bits per heavy atom. The lowest BCUT2D eigenvalue weighted by Gasteiger charge is -2.07. The zero-order valence-corrected chi connectivity index (χ0v) is 10.7. The lowest BCUT2D eigenvalue weighted by atomic mass is 10.2. The molecule has 0 saturated heterocycles. The Morgan fingerprint density at radius 3 is 2.79 bits per heavy atom. The first kappa shape index (κ1) is 13.3. The molecule has 19 heavy (non-hydrogen) atoms. The molecule has 2 unspecified atom stereocenters. The van der Waals surface area contributed by atoms with Crippen LogP contribution >= 0.6 is 0 Å². The van der Waals surface area contributed by atoms with Crippen LogP contribution in [0.4, 0.5) is 10.5 Å². The van der Waals surface area contributed by atoms with Crippen LogP contribution in [-0.2, 0) is 11.2 Å². The lowest BCUT2D eigenvalue weighted by molar-refractivity contribution is -0.136. The van der Waals surface area contributed by atoms with E-state index in [0.717, 1.165) is 12.8 Å². The van der Waals surface area contributed by atoms with Gasteiger partial charge in [-0.25, -0.2) is 4.79 Å². The van der Waals surface area contributed by atoms with Crippen LogP contribution in [0.3, 0.4) is 0 Å². The number of nitrogens with zero attached hydrogens (tertiary/aromatic N) is 1. The lowest BCUT2D eigenvalue weighted by Crippen LogP contribution is -2.31. The average Bonchev–Trinajstić information content (AvgIpc) is 3.09. The molecule has 1 fully saturated rings. The number of amides is 2. The first-order valence-corrected chi connectivity index (χ1v) is 6.32. The first-order chi connectivity index (χ1) is 9.08. The molecule has 2 amide bonds. The normalized spacial score (nSPS) is 20.7. The first-order valence-electron chi connectivity index (χ1n) is 6.32. The highest BCUT2D eigenvalue weighted by molar-refractivity contribution is 5.89. The zero-order valence-electron chi connectivity index (χ0n) is 10.7. The van der Waals surface area contributed by atoms with Gasteiger partial charge in [0.15, 0.2) is 0 Å². The highest BCUT2D eigenvalue weighted by Gasteiger charge is 2.36. The minimum atomic E-state index is -0.926. The Morgan fingerprint density at radius 1 is 1.47 bits per heavy atom. The third-order valence-corrected chi connectivity index (χ3v) is 3.18. The molecule has 0 spiro atoms. The van der Waals surface area contributed by atoms with Gasteiger partial charge in [-0.15, -0.1) is 0 Å². The van der Waals surface area contributed by atoms with Crippen molar-refractivity contribution in [3.05, 3.63) is 24.0 Å². The number of hydrogen-bond donors (Lipinski definition) is 3. The molecule has 1 aliphatic carbocycles. The summed E-state index contributed by atoms with van der Waals surface area (Å²) in [4.78, 5) is 26.1. The number of pyridine rings is 1. The number of hydrogen-bond acceptors (Lipinski definition) is 3. The Hall–Kier alpha value is -2.11. The maximum absolute atomic E-state index is 11.6. The van der Waals surface area contributed by atoms with Crippen LogP contribution in [-0.4, -0.2) is 28.1 Å². The molecule has 2 atom stereocenters. The number of nitrogens with one attached hydrogen (secondary N) is 2. The summed E-state index contributed by atoms with van der Waals surface area (Å²) in [6.07, 6.45) is 3.46. The molecular weight excluding hydrogens is 246 g/mol. The third kappa shape index (κ3) is 3.94. The molecule has 1 aromatic heterocycles. The number of aromatic nitrogens is 1. The van der Waals surface area contributed by atoms with Gasteiger partial charge in [-0.1, -0.05) is 13.3 Å². The van der Waals surface area contributed by atoms with Gasteiger partial charge in [0.25, 0.3) is 0 Å². The fraction of sp³-hybridized carbons (Fsp3) is 0.462. The second-order valence-electron chi connectivity index (χ2n) is 4.72. The highest BCUT2D eigenvalue weighted by Crippen LogP contribution is 2.33. The minimum Gasteiger partial charge on any atom is -0.481 e. The molecule has 1 aromatic rings. The fourth-order valence-corrected chi connectivity index (χ4v) is 1.97. The van der Waals surface area contributed by atoms with Crippen LogP contribution < -0.4 is 10.6 Å². The number of carboxylic acids is 1. The summed E-state index contributed by atoms with van der Waals surface area (Å²) in [6, 6.07) is 3.28. The van der Waals surface area contributed by atoms with Crippen LogP contribution in [0.15, 0.2) is 18.3 Å². The Kier molecular flexibility index (Phi) is 3.99. The van der Waals surface area contributed by atoms with E-state index in [9.17, 15) is 9.59 Å². The van der Waals surface area contributed by atoms with E-state index in [-0.39, 0.29) is 18.5 Å². The van der Waals surface area contributed by atoms with Gasteiger partial charge in [0.05, 0.1) is 24.0 Å². The van der Waals surface area contributed by atoms with Crippen molar-refractivity contribution in [1.82, 2.24) is 10.3 Å². The standard InChI is InChI=1S/C13H17N3O3/c1-2-8-5-11(8)16-13(19)15-10-4-3-9(14-7-10)6-12(17)18/h3-4,7-8,11H,2,5-6H2,1H3,(H,17,18)(H2,15,16,19). The van der Waals surface area contributed by atoms with E-state index in [1.165, 1.54) is 6.20 Å². The summed E-state index contributed by atoms with van der Waals surface area (Å²) in [7, 11) is 0. The molecule has 1 heterocycles. The van der Waals surface area contributed by atoms with Crippen molar-refractivity contribution in [3.8, 4) is 0 Å². The molecule has 0 bridgehead atoms. The number of urea groups is 1. The second kappa shape index (κ2) is 5.69. The predicted octanol–water partition coefficient (Wildman–Crippen LogP) is 1.63. The third-order valence-electron chi connectivity index (χ3n) is 3.18. The quantitative estimate of drug-likeness (QED) is 0.753. The Balaban J connectivity index is 1.82. The van der Waals surface area contributed by atoms with Crippen LogP contribution in [0.2, 0.25) is 0 Å². The number of rotatable bonds is 5. The predicted molar refractivity (Wildman–Crippen MR) is 69.9 cm³/mol. The van der Waals surface area contributed by atoms with Crippen molar-refractivity contribution in [2.45, 2.75) is 32.2 Å². The number of anilines is 1. The van der Waals surface area contributed by atoms with Crippen molar-refractivity contribution in [2.24, 2.45) is 5.92 Å². The molecule has 0 radical (unpaired) electrons. The maximum Gasteiger partial charge on any atom is 0.319 e. The molecule has 3 N–H and O–H groups in total. The molecular formula is C13H17N3O3. The molecule has 102 valence electrons. The number of carbonyl (C=O) groups excluding carboxylic acids is 1. The number of carboxylic acid groups (broad SMARTS) is 1. The summed E-state index contributed by atoms with van der Waals surface area (Å²) in [5, 5.41) is 14.2. The Labute approximate surface area is 111 Å². The van der Waals surface area contributed by atoms with Crippen molar-refractivity contribution in [2.75, 3.05) is 5.32 Å². The van der Waals surface area contributed by atoms with Crippen LogP contribution in [0, 0.1) is 5.92 Å². The van der Waals surface area contributed by atoms with E-state index in [1.807, 2.05) is 0 Å². The molecule has 0 aliphatic heterocycles. The minimum absolute atomic E-state index is 0.118. The van der Waals surface area contributed by atoms with Crippen molar-refractivity contribution in [1.29, 1.82) is 0 Å². The molecule has 1 saturated carbocycles. The van der Waals surface area contributed by atoms with Crippen LogP contribution in [0.25, 0.3) is 0 Å². The topological polar surface area (TPSA) is 91.3 Å². The summed E-state index contributed by atoms with van der Waals surface area (Å²) in [5.74, 6) is -0.327. The molecule has 6 nitrogen and oxygen atoms in total.